The molecule has 3 aromatic heterocycles. The summed E-state index contributed by atoms with van der Waals surface area (Å²) >= 11 is 0. The molecule has 6 rings (SSSR count). The number of pyridine rings is 3. The molecule has 0 bridgehead atoms. The first-order valence-corrected chi connectivity index (χ1v) is 16.2. The van der Waals surface area contributed by atoms with Gasteiger partial charge < -0.3 is 26.8 Å². The van der Waals surface area contributed by atoms with Crippen LogP contribution in [0.1, 0.15) is 87.8 Å². The molecule has 0 amide bonds. The Balaban J connectivity index is 0.000000318. The predicted octanol–water partition coefficient (Wildman–Crippen LogP) is 5.83. The lowest BCUT2D eigenvalue weighted by Gasteiger charge is -2.11. The van der Waals surface area contributed by atoms with Gasteiger partial charge in [0.05, 0.1) is 16.7 Å². The van der Waals surface area contributed by atoms with E-state index in [0.717, 1.165) is 43.6 Å². The summed E-state index contributed by atoms with van der Waals surface area (Å²) < 4.78 is 12.0. The number of hydrogen-bond donors (Lipinski definition) is 5. The summed E-state index contributed by atoms with van der Waals surface area (Å²) in [5.74, 6) is 1.17. The molecule has 3 aromatic rings. The van der Waals surface area contributed by atoms with Crippen molar-refractivity contribution < 1.29 is 9.50 Å². The summed E-state index contributed by atoms with van der Waals surface area (Å²) in [6.07, 6.45) is 16.7. The van der Waals surface area contributed by atoms with Gasteiger partial charge in [-0.05, 0) is 81.5 Å². The van der Waals surface area contributed by atoms with E-state index in [9.17, 15) is 4.39 Å². The number of hydrogen-bond acceptors (Lipinski definition) is 11. The number of nitrogens with zero attached hydrogens (tertiary/aromatic N) is 6. The minimum atomic E-state index is -0.561. The molecule has 4 heterocycles. The highest BCUT2D eigenvalue weighted by Gasteiger charge is 2.15. The van der Waals surface area contributed by atoms with Crippen LogP contribution in [-0.2, 0) is 0 Å². The Labute approximate surface area is 290 Å². The van der Waals surface area contributed by atoms with Crippen LogP contribution in [0, 0.1) is 39.9 Å². The Morgan fingerprint density at radius 1 is 0.771 bits per heavy atom. The van der Waals surface area contributed by atoms with E-state index in [-0.39, 0.29) is 12.4 Å². The second-order valence-electron chi connectivity index (χ2n) is 11.3. The molecular weight excluding hydrogens is 631 g/mol. The molecule has 3 fully saturated rings. The monoisotopic (exact) mass is 678 g/mol. The summed E-state index contributed by atoms with van der Waals surface area (Å²) in [4.78, 5) is 11.6. The van der Waals surface area contributed by atoms with Crippen molar-refractivity contribution in [1.29, 1.82) is 15.8 Å². The Kier molecular flexibility index (Phi) is 22.3. The summed E-state index contributed by atoms with van der Waals surface area (Å²) in [5.41, 5.74) is 7.12. The zero-order valence-electron chi connectivity index (χ0n) is 27.6. The Morgan fingerprint density at radius 3 is 1.56 bits per heavy atom. The molecule has 0 spiro atoms. The number of nitrogens with two attached hydrogens (primary N) is 1. The number of aliphatic hydroxyl groups is 1. The van der Waals surface area contributed by atoms with Crippen molar-refractivity contribution in [3.05, 3.63) is 77.6 Å². The molecule has 258 valence electrons. The Hall–Kier alpha value is -4.38. The predicted molar refractivity (Wildman–Crippen MR) is 189 cm³/mol. The highest BCUT2D eigenvalue weighted by molar-refractivity contribution is 5.85. The number of nitriles is 3. The van der Waals surface area contributed by atoms with E-state index in [1.54, 1.807) is 24.5 Å². The number of aromatic nitrogens is 3. The van der Waals surface area contributed by atoms with E-state index < -0.39 is 5.95 Å². The SMILES string of the molecule is CCCO.Cl.N#Cc1ccc(F)nc1.N#Cc1ccc(NC2CCCC2)nc1.N#Cc1ccc(N[C@@H]2CCNC2)nc1.NC1CCCC1. The van der Waals surface area contributed by atoms with Crippen LogP contribution in [0.3, 0.4) is 0 Å². The van der Waals surface area contributed by atoms with Crippen molar-refractivity contribution in [1.82, 2.24) is 20.3 Å². The number of rotatable bonds is 5. The van der Waals surface area contributed by atoms with Crippen LogP contribution in [0.4, 0.5) is 16.0 Å². The van der Waals surface area contributed by atoms with Crippen LogP contribution in [0.25, 0.3) is 0 Å². The molecule has 13 heteroatoms. The molecule has 1 atom stereocenters. The summed E-state index contributed by atoms with van der Waals surface area (Å²) in [5, 5.41) is 43.2. The van der Waals surface area contributed by atoms with Crippen molar-refractivity contribution in [3.63, 3.8) is 0 Å². The van der Waals surface area contributed by atoms with Gasteiger partial charge in [-0.25, -0.2) is 15.0 Å². The maximum Gasteiger partial charge on any atom is 0.212 e. The van der Waals surface area contributed by atoms with Crippen LogP contribution in [-0.4, -0.2) is 57.9 Å². The number of aliphatic hydroxyl groups excluding tert-OH is 1. The topological polar surface area (TPSA) is 192 Å². The molecule has 48 heavy (non-hydrogen) atoms. The molecule has 3 aliphatic rings. The van der Waals surface area contributed by atoms with Crippen molar-refractivity contribution in [2.75, 3.05) is 30.3 Å². The number of anilines is 2. The standard InChI is InChI=1S/C11H13N3.C10H12N4.C6H3FN2.C5H11N.C3H8O.ClH/c12-7-9-5-6-11(13-8-9)14-10-3-1-2-4-10;11-5-8-1-2-10(13-6-8)14-9-3-4-12-7-9;7-6-2-1-5(3-8)4-9-6;6-5-3-1-2-4-5;1-2-3-4;/h5-6,8,10H,1-4H2,(H,13,14);1-2,6,9,12H,3-4,7H2,(H,13,14);1-2,4H;5H,1-4,6H2;4H,2-3H2,1H3;1H/t;9-;;;;/m.1..../s1. The average molecular weight is 679 g/mol. The normalized spacial score (nSPS) is 16.1. The molecule has 2 aliphatic carbocycles. The van der Waals surface area contributed by atoms with Gasteiger partial charge in [0.25, 0.3) is 0 Å². The second kappa shape index (κ2) is 25.7. The molecule has 0 aromatic carbocycles. The van der Waals surface area contributed by atoms with Crippen LogP contribution >= 0.6 is 12.4 Å². The van der Waals surface area contributed by atoms with Crippen molar-refractivity contribution in [2.24, 2.45) is 5.73 Å². The highest BCUT2D eigenvalue weighted by atomic mass is 35.5. The van der Waals surface area contributed by atoms with Gasteiger partial charge >= 0.3 is 0 Å². The Morgan fingerprint density at radius 2 is 1.23 bits per heavy atom. The van der Waals surface area contributed by atoms with Crippen LogP contribution in [0.2, 0.25) is 0 Å². The van der Waals surface area contributed by atoms with Crippen molar-refractivity contribution >= 4 is 24.0 Å². The molecule has 2 saturated carbocycles. The number of halogens is 2. The van der Waals surface area contributed by atoms with Gasteiger partial charge in [0.1, 0.15) is 29.8 Å². The van der Waals surface area contributed by atoms with E-state index in [4.69, 9.17) is 26.6 Å². The maximum absolute atomic E-state index is 12.0. The zero-order valence-corrected chi connectivity index (χ0v) is 28.4. The van der Waals surface area contributed by atoms with E-state index in [2.05, 4.69) is 37.0 Å². The first-order valence-electron chi connectivity index (χ1n) is 16.2. The lowest BCUT2D eigenvalue weighted by Crippen LogP contribution is -2.22. The van der Waals surface area contributed by atoms with Gasteiger partial charge in [-0.15, -0.1) is 12.4 Å². The third-order valence-electron chi connectivity index (χ3n) is 7.38. The fraction of sp³-hybridized carbons (Fsp3) is 0.486. The zero-order chi connectivity index (χ0) is 34.1. The summed E-state index contributed by atoms with van der Waals surface area (Å²) in [6.45, 7) is 4.30. The van der Waals surface area contributed by atoms with Gasteiger partial charge in [0.2, 0.25) is 5.95 Å². The molecule has 6 N–H and O–H groups in total. The quantitative estimate of drug-likeness (QED) is 0.204. The molecule has 0 radical (unpaired) electrons. The maximum atomic E-state index is 12.0. The van der Waals surface area contributed by atoms with Gasteiger partial charge in [0.15, 0.2) is 0 Å². The van der Waals surface area contributed by atoms with E-state index in [0.29, 0.717) is 41.4 Å². The Bertz CT molecular complexity index is 1300. The smallest absolute Gasteiger partial charge is 0.212 e. The third-order valence-corrected chi connectivity index (χ3v) is 7.38. The fourth-order valence-corrected chi connectivity index (χ4v) is 4.76. The van der Waals surface area contributed by atoms with Crippen LogP contribution in [0.5, 0.6) is 0 Å². The van der Waals surface area contributed by atoms with Gasteiger partial charge in [0, 0.05) is 49.9 Å². The lowest BCUT2D eigenvalue weighted by atomic mass is 10.2. The van der Waals surface area contributed by atoms with Gasteiger partial charge in [-0.1, -0.05) is 32.6 Å². The fourth-order valence-electron chi connectivity index (χ4n) is 4.76. The number of nitrogens with one attached hydrogen (secondary N) is 3. The molecule has 11 nitrogen and oxygen atoms in total. The third kappa shape index (κ3) is 18.1. The molecule has 1 saturated heterocycles. The second-order valence-corrected chi connectivity index (χ2v) is 11.3. The first-order chi connectivity index (χ1) is 22.9. The van der Waals surface area contributed by atoms with E-state index >= 15 is 0 Å². The van der Waals surface area contributed by atoms with Crippen LogP contribution in [0.15, 0.2) is 55.0 Å². The van der Waals surface area contributed by atoms with E-state index in [1.165, 1.54) is 63.6 Å². The van der Waals surface area contributed by atoms with Gasteiger partial charge in [-0.2, -0.15) is 20.2 Å². The van der Waals surface area contributed by atoms with Gasteiger partial charge in [-0.3, -0.25) is 0 Å². The highest BCUT2D eigenvalue weighted by Crippen LogP contribution is 2.21. The average Bonchev–Trinajstić information content (AvgIpc) is 3.93. The minimum Gasteiger partial charge on any atom is -0.396 e. The summed E-state index contributed by atoms with van der Waals surface area (Å²) in [6, 6.07) is 17.3. The molecule has 0 unspecified atom stereocenters. The van der Waals surface area contributed by atoms with Crippen molar-refractivity contribution in [2.45, 2.75) is 89.3 Å². The van der Waals surface area contributed by atoms with Crippen molar-refractivity contribution in [3.8, 4) is 18.2 Å². The first kappa shape index (κ1) is 41.6. The minimum absolute atomic E-state index is 0. The molecular formula is C35H48ClFN10O. The van der Waals surface area contributed by atoms with Crippen LogP contribution < -0.4 is 21.7 Å². The summed E-state index contributed by atoms with van der Waals surface area (Å²) in [7, 11) is 0. The molecule has 1 aliphatic heterocycles. The lowest BCUT2D eigenvalue weighted by molar-refractivity contribution is 0.295. The largest absolute Gasteiger partial charge is 0.396 e. The van der Waals surface area contributed by atoms with E-state index in [1.807, 2.05) is 31.2 Å².